The number of aryl methyl sites for hydroxylation is 2. The maximum Gasteiger partial charge on any atom is 0.339 e. The van der Waals surface area contributed by atoms with Crippen LogP contribution < -0.4 is 5.32 Å². The van der Waals surface area contributed by atoms with Gasteiger partial charge in [0.25, 0.3) is 0 Å². The lowest BCUT2D eigenvalue weighted by molar-refractivity contribution is 0.0695. The molecule has 2 N–H and O–H groups in total. The van der Waals surface area contributed by atoms with E-state index >= 15 is 0 Å². The Labute approximate surface area is 115 Å². The van der Waals surface area contributed by atoms with Crippen LogP contribution in [0.5, 0.6) is 0 Å². The van der Waals surface area contributed by atoms with Gasteiger partial charge in [0.1, 0.15) is 22.1 Å². The molecule has 0 spiro atoms. The molecule has 0 amide bonds. The Balaban J connectivity index is 1.99. The van der Waals surface area contributed by atoms with Crippen LogP contribution in [0.3, 0.4) is 0 Å². The maximum absolute atomic E-state index is 10.9. The molecule has 0 saturated carbocycles. The van der Waals surface area contributed by atoms with E-state index in [2.05, 4.69) is 10.3 Å². The summed E-state index contributed by atoms with van der Waals surface area (Å²) < 4.78 is 5.41. The summed E-state index contributed by atoms with van der Waals surface area (Å²) in [6.07, 6.45) is 0. The number of hydrogen-bond acceptors (Lipinski definition) is 5. The van der Waals surface area contributed by atoms with E-state index in [1.807, 2.05) is 19.2 Å². The van der Waals surface area contributed by atoms with E-state index in [0.29, 0.717) is 18.1 Å². The number of nitrogens with zero attached hydrogens (tertiary/aromatic N) is 1. The Kier molecular flexibility index (Phi) is 4.01. The largest absolute Gasteiger partial charge is 0.478 e. The fourth-order valence-corrected chi connectivity index (χ4v) is 2.58. The van der Waals surface area contributed by atoms with E-state index in [1.54, 1.807) is 24.3 Å². The zero-order valence-electron chi connectivity index (χ0n) is 11.1. The van der Waals surface area contributed by atoms with Gasteiger partial charge in [-0.1, -0.05) is 0 Å². The lowest BCUT2D eigenvalue weighted by Crippen LogP contribution is -2.17. The highest BCUT2D eigenvalue weighted by Gasteiger charge is 2.15. The third-order valence-corrected chi connectivity index (χ3v) is 3.93. The first-order valence-corrected chi connectivity index (χ1v) is 6.83. The molecule has 6 heteroatoms. The Hall–Kier alpha value is -1.66. The number of furan rings is 1. The molecule has 0 aliphatic carbocycles. The topological polar surface area (TPSA) is 75.4 Å². The number of aromatic carboxylic acids is 1. The summed E-state index contributed by atoms with van der Waals surface area (Å²) in [5.74, 6) is 0.0909. The second-order valence-corrected chi connectivity index (χ2v) is 5.31. The summed E-state index contributed by atoms with van der Waals surface area (Å²) in [7, 11) is 0. The molecule has 2 heterocycles. The van der Waals surface area contributed by atoms with E-state index in [4.69, 9.17) is 9.52 Å². The van der Waals surface area contributed by atoms with Crippen molar-refractivity contribution in [2.75, 3.05) is 0 Å². The van der Waals surface area contributed by atoms with Crippen molar-refractivity contribution >= 4 is 17.3 Å². The van der Waals surface area contributed by atoms with Gasteiger partial charge in [-0.2, -0.15) is 0 Å². The van der Waals surface area contributed by atoms with Crippen LogP contribution in [-0.2, 0) is 6.54 Å². The first-order chi connectivity index (χ1) is 8.97. The van der Waals surface area contributed by atoms with Gasteiger partial charge in [-0.05, 0) is 26.8 Å². The van der Waals surface area contributed by atoms with Crippen LogP contribution in [-0.4, -0.2) is 16.1 Å². The average Bonchev–Trinajstić information content (AvgIpc) is 2.92. The minimum atomic E-state index is -0.962. The lowest BCUT2D eigenvalue weighted by Gasteiger charge is -2.09. The Bertz CT molecular complexity index is 588. The van der Waals surface area contributed by atoms with Gasteiger partial charge >= 0.3 is 5.97 Å². The second-order valence-electron chi connectivity index (χ2n) is 4.42. The Morgan fingerprint density at radius 2 is 2.32 bits per heavy atom. The van der Waals surface area contributed by atoms with Crippen molar-refractivity contribution in [2.45, 2.75) is 33.4 Å². The average molecular weight is 280 g/mol. The molecule has 1 unspecified atom stereocenters. The molecule has 0 bridgehead atoms. The highest BCUT2D eigenvalue weighted by atomic mass is 32.1. The standard InChI is InChI=1S/C13H16N2O3S/c1-7-6-19-12(15-7)8(2)14-5-10-4-11(13(16)17)9(3)18-10/h4,6,8,14H,5H2,1-3H3,(H,16,17). The third-order valence-electron chi connectivity index (χ3n) is 2.79. The van der Waals surface area contributed by atoms with Crippen LogP contribution in [0.1, 0.15) is 45.5 Å². The molecule has 0 saturated heterocycles. The van der Waals surface area contributed by atoms with Crippen molar-refractivity contribution in [3.8, 4) is 0 Å². The second kappa shape index (κ2) is 5.54. The predicted octanol–water partition coefficient (Wildman–Crippen LogP) is 2.90. The number of carboxylic acid groups (broad SMARTS) is 1. The normalized spacial score (nSPS) is 12.6. The van der Waals surface area contributed by atoms with Crippen molar-refractivity contribution < 1.29 is 14.3 Å². The van der Waals surface area contributed by atoms with Gasteiger partial charge in [0.2, 0.25) is 0 Å². The summed E-state index contributed by atoms with van der Waals surface area (Å²) in [6, 6.07) is 1.67. The first-order valence-electron chi connectivity index (χ1n) is 5.95. The fourth-order valence-electron chi connectivity index (χ4n) is 1.76. The van der Waals surface area contributed by atoms with Crippen LogP contribution >= 0.6 is 11.3 Å². The third kappa shape index (κ3) is 3.21. The van der Waals surface area contributed by atoms with E-state index in [1.165, 1.54) is 0 Å². The summed E-state index contributed by atoms with van der Waals surface area (Å²) >= 11 is 1.61. The molecule has 0 aliphatic rings. The summed E-state index contributed by atoms with van der Waals surface area (Å²) in [6.45, 7) is 6.11. The van der Waals surface area contributed by atoms with Gasteiger partial charge in [-0.15, -0.1) is 11.3 Å². The molecule has 0 aliphatic heterocycles. The minimum absolute atomic E-state index is 0.109. The maximum atomic E-state index is 10.9. The number of carbonyl (C=O) groups is 1. The van der Waals surface area contributed by atoms with Crippen LogP contribution in [0.25, 0.3) is 0 Å². The molecule has 5 nitrogen and oxygen atoms in total. The molecule has 2 aromatic heterocycles. The zero-order valence-corrected chi connectivity index (χ0v) is 11.9. The van der Waals surface area contributed by atoms with E-state index < -0.39 is 5.97 Å². The number of aromatic nitrogens is 1. The summed E-state index contributed by atoms with van der Waals surface area (Å²) in [4.78, 5) is 15.3. The highest BCUT2D eigenvalue weighted by molar-refractivity contribution is 7.09. The molecular formula is C13H16N2O3S. The van der Waals surface area contributed by atoms with Crippen molar-refractivity contribution in [3.05, 3.63) is 39.2 Å². The quantitative estimate of drug-likeness (QED) is 0.880. The van der Waals surface area contributed by atoms with Crippen LogP contribution in [0.2, 0.25) is 0 Å². The molecular weight excluding hydrogens is 264 g/mol. The van der Waals surface area contributed by atoms with E-state index in [0.717, 1.165) is 10.7 Å². The number of thiazole rings is 1. The van der Waals surface area contributed by atoms with Crippen molar-refractivity contribution in [2.24, 2.45) is 0 Å². The highest BCUT2D eigenvalue weighted by Crippen LogP contribution is 2.19. The van der Waals surface area contributed by atoms with Gasteiger partial charge in [-0.3, -0.25) is 0 Å². The molecule has 19 heavy (non-hydrogen) atoms. The molecule has 1 atom stereocenters. The van der Waals surface area contributed by atoms with Crippen molar-refractivity contribution in [3.63, 3.8) is 0 Å². The van der Waals surface area contributed by atoms with Gasteiger partial charge < -0.3 is 14.8 Å². The van der Waals surface area contributed by atoms with Crippen LogP contribution in [0, 0.1) is 13.8 Å². The molecule has 102 valence electrons. The predicted molar refractivity (Wildman–Crippen MR) is 72.5 cm³/mol. The van der Waals surface area contributed by atoms with Crippen molar-refractivity contribution in [1.82, 2.24) is 10.3 Å². The first kappa shape index (κ1) is 13.8. The molecule has 0 fully saturated rings. The monoisotopic (exact) mass is 280 g/mol. The van der Waals surface area contributed by atoms with Gasteiger partial charge in [-0.25, -0.2) is 9.78 Å². The summed E-state index contributed by atoms with van der Waals surface area (Å²) in [5, 5.41) is 15.2. The lowest BCUT2D eigenvalue weighted by atomic mass is 10.2. The van der Waals surface area contributed by atoms with Gasteiger partial charge in [0.05, 0.1) is 12.6 Å². The zero-order chi connectivity index (χ0) is 14.0. The number of nitrogens with one attached hydrogen (secondary N) is 1. The van der Waals surface area contributed by atoms with E-state index in [9.17, 15) is 4.79 Å². The van der Waals surface area contributed by atoms with E-state index in [-0.39, 0.29) is 11.6 Å². The van der Waals surface area contributed by atoms with Gasteiger partial charge in [0, 0.05) is 11.1 Å². The fraction of sp³-hybridized carbons (Fsp3) is 0.385. The number of rotatable bonds is 5. The van der Waals surface area contributed by atoms with Crippen LogP contribution in [0.4, 0.5) is 0 Å². The minimum Gasteiger partial charge on any atom is -0.478 e. The van der Waals surface area contributed by atoms with Crippen molar-refractivity contribution in [1.29, 1.82) is 0 Å². The van der Waals surface area contributed by atoms with Crippen LogP contribution in [0.15, 0.2) is 15.9 Å². The Morgan fingerprint density at radius 1 is 1.58 bits per heavy atom. The molecule has 2 aromatic rings. The molecule has 2 rings (SSSR count). The number of carboxylic acids is 1. The Morgan fingerprint density at radius 3 is 2.84 bits per heavy atom. The summed E-state index contributed by atoms with van der Waals surface area (Å²) in [5.41, 5.74) is 1.23. The smallest absolute Gasteiger partial charge is 0.339 e. The SMILES string of the molecule is Cc1csc(C(C)NCc2cc(C(=O)O)c(C)o2)n1. The number of hydrogen-bond donors (Lipinski definition) is 2. The van der Waals surface area contributed by atoms with Gasteiger partial charge in [0.15, 0.2) is 0 Å². The molecule has 0 aromatic carbocycles. The molecule has 0 radical (unpaired) electrons.